The fourth-order valence-electron chi connectivity index (χ4n) is 3.31. The van der Waals surface area contributed by atoms with Gasteiger partial charge in [0.1, 0.15) is 37.3 Å². The number of carbonyl (C=O) groups is 9. The number of nitrogens with zero attached hydrogens (tertiary/aromatic N) is 1. The molecule has 0 radical (unpaired) electrons. The van der Waals surface area contributed by atoms with Gasteiger partial charge in [-0.25, -0.2) is 0 Å². The molecule has 0 fully saturated rings. The fourth-order valence-corrected chi connectivity index (χ4v) is 5.67. The van der Waals surface area contributed by atoms with Gasteiger partial charge in [-0.1, -0.05) is 21.6 Å². The first-order valence-corrected chi connectivity index (χ1v) is 16.0. The van der Waals surface area contributed by atoms with Gasteiger partial charge >= 0.3 is 23.9 Å². The predicted octanol–water partition coefficient (Wildman–Crippen LogP) is -3.90. The number of aliphatic carboxylic acids is 4. The number of amides is 5. The smallest absolute Gasteiger partial charge is 0.322 e. The van der Waals surface area contributed by atoms with E-state index in [0.717, 1.165) is 21.6 Å². The molecular formula is C24H39N7O13S2. The van der Waals surface area contributed by atoms with E-state index in [1.165, 1.54) is 6.92 Å². The molecule has 0 spiro atoms. The first-order valence-electron chi connectivity index (χ1n) is 13.5. The van der Waals surface area contributed by atoms with E-state index in [9.17, 15) is 43.2 Å². The molecule has 13 N–H and O–H groups in total. The minimum Gasteiger partial charge on any atom is -0.480 e. The van der Waals surface area contributed by atoms with E-state index in [-0.39, 0.29) is 24.3 Å². The Bertz CT molecular complexity index is 1140. The molecule has 46 heavy (non-hydrogen) atoms. The van der Waals surface area contributed by atoms with Gasteiger partial charge in [-0.15, -0.1) is 0 Å². The van der Waals surface area contributed by atoms with Gasteiger partial charge < -0.3 is 53.6 Å². The van der Waals surface area contributed by atoms with Gasteiger partial charge in [0, 0.05) is 36.8 Å². The molecule has 0 aliphatic carbocycles. The second-order valence-corrected chi connectivity index (χ2v) is 12.3. The predicted molar refractivity (Wildman–Crippen MR) is 162 cm³/mol. The highest BCUT2D eigenvalue weighted by atomic mass is 33.1. The molecule has 0 aliphatic heterocycles. The monoisotopic (exact) mass is 697 g/mol. The SMILES string of the molecule is CC(N)CC(=O)N(C(=O)CC[C@H](N)C(=O)O)[C@@H](CSSC[C@H](NC(=O)CC[C@H](N)C(=O)O)C(=O)NCC(=O)O)C(=O)NCC(=O)O. The molecule has 1 unspecified atom stereocenters. The molecule has 0 aromatic rings. The molecule has 5 atom stereocenters. The molecule has 5 amide bonds. The van der Waals surface area contributed by atoms with Crippen LogP contribution in [-0.4, -0.2) is 134 Å². The fraction of sp³-hybridized carbons (Fsp3) is 0.625. The number of carbonyl (C=O) groups excluding carboxylic acids is 5. The van der Waals surface area contributed by atoms with Crippen LogP contribution in [0.15, 0.2) is 0 Å². The zero-order chi connectivity index (χ0) is 35.6. The summed E-state index contributed by atoms with van der Waals surface area (Å²) in [6.07, 6.45) is -2.03. The Labute approximate surface area is 270 Å². The van der Waals surface area contributed by atoms with Gasteiger partial charge in [-0.2, -0.15) is 0 Å². The summed E-state index contributed by atoms with van der Waals surface area (Å²) < 4.78 is 0. The largest absolute Gasteiger partial charge is 0.480 e. The van der Waals surface area contributed by atoms with Crippen molar-refractivity contribution in [2.75, 3.05) is 24.6 Å². The average Bonchev–Trinajstić information content (AvgIpc) is 2.95. The Morgan fingerprint density at radius 1 is 0.696 bits per heavy atom. The van der Waals surface area contributed by atoms with Gasteiger partial charge in [0.25, 0.3) is 0 Å². The molecule has 0 aromatic heterocycles. The number of carboxylic acids is 4. The quantitative estimate of drug-likeness (QED) is 0.0360. The van der Waals surface area contributed by atoms with Crippen LogP contribution in [0.2, 0.25) is 0 Å². The first kappa shape index (κ1) is 42.0. The lowest BCUT2D eigenvalue weighted by atomic mass is 10.1. The van der Waals surface area contributed by atoms with Crippen molar-refractivity contribution in [3.8, 4) is 0 Å². The Morgan fingerprint density at radius 3 is 1.65 bits per heavy atom. The molecule has 0 rings (SSSR count). The number of hydrogen-bond donors (Lipinski definition) is 10. The van der Waals surface area contributed by atoms with E-state index in [2.05, 4.69) is 16.0 Å². The van der Waals surface area contributed by atoms with Crippen molar-refractivity contribution in [2.24, 2.45) is 17.2 Å². The number of rotatable bonds is 23. The highest BCUT2D eigenvalue weighted by molar-refractivity contribution is 8.76. The molecular weight excluding hydrogens is 658 g/mol. The summed E-state index contributed by atoms with van der Waals surface area (Å²) >= 11 is 0. The van der Waals surface area contributed by atoms with Crippen LogP contribution < -0.4 is 33.2 Å². The summed E-state index contributed by atoms with van der Waals surface area (Å²) in [7, 11) is 1.67. The number of imide groups is 1. The van der Waals surface area contributed by atoms with Crippen LogP contribution in [0.1, 0.15) is 39.0 Å². The van der Waals surface area contributed by atoms with Crippen LogP contribution >= 0.6 is 21.6 Å². The van der Waals surface area contributed by atoms with E-state index >= 15 is 0 Å². The van der Waals surface area contributed by atoms with E-state index in [1.54, 1.807) is 0 Å². The molecule has 22 heteroatoms. The summed E-state index contributed by atoms with van der Waals surface area (Å²) in [6.45, 7) is -0.211. The van der Waals surface area contributed by atoms with Gasteiger partial charge in [0.15, 0.2) is 0 Å². The Kier molecular flexibility index (Phi) is 19.8. The van der Waals surface area contributed by atoms with Crippen LogP contribution in [0.5, 0.6) is 0 Å². The maximum absolute atomic E-state index is 13.1. The summed E-state index contributed by atoms with van der Waals surface area (Å²) in [6, 6.07) is -6.58. The lowest BCUT2D eigenvalue weighted by Gasteiger charge is -2.30. The van der Waals surface area contributed by atoms with E-state index in [4.69, 9.17) is 37.6 Å². The molecule has 0 saturated carbocycles. The van der Waals surface area contributed by atoms with Crippen molar-refractivity contribution in [3.63, 3.8) is 0 Å². The number of carboxylic acid groups (broad SMARTS) is 4. The first-order chi connectivity index (χ1) is 21.4. The van der Waals surface area contributed by atoms with Crippen molar-refractivity contribution in [2.45, 2.75) is 69.2 Å². The second-order valence-electron chi connectivity index (χ2n) is 9.73. The van der Waals surface area contributed by atoms with E-state index in [0.29, 0.717) is 4.90 Å². The zero-order valence-corrected chi connectivity index (χ0v) is 26.3. The average molecular weight is 698 g/mol. The standard InChI is InChI=1S/C24H39N7O13S2/c1-11(25)6-18(34)31(17(33)5-3-13(27)24(43)44)15(22(40)29-8-20(37)38)10-46-45-9-14(21(39)28-7-19(35)36)30-16(32)4-2-12(26)23(41)42/h11-15H,2-10,25-27H2,1H3,(H,28,39)(H,29,40)(H,30,32)(H,35,36)(H,37,38)(H,41,42)(H,43,44)/t11?,12-,13-,14-,15-/m0/s1. The maximum atomic E-state index is 13.1. The third kappa shape index (κ3) is 17.5. The summed E-state index contributed by atoms with van der Waals surface area (Å²) in [5.41, 5.74) is 16.5. The van der Waals surface area contributed by atoms with Crippen LogP contribution in [-0.2, 0) is 43.2 Å². The third-order valence-electron chi connectivity index (χ3n) is 5.66. The van der Waals surface area contributed by atoms with Gasteiger partial charge in [-0.05, 0) is 19.8 Å². The molecule has 0 aliphatic rings. The highest BCUT2D eigenvalue weighted by Gasteiger charge is 2.35. The Balaban J connectivity index is 5.94. The van der Waals surface area contributed by atoms with Crippen molar-refractivity contribution < 1.29 is 63.6 Å². The summed E-state index contributed by atoms with van der Waals surface area (Å²) in [5, 5.41) is 42.3. The third-order valence-corrected chi connectivity index (χ3v) is 8.06. The number of nitrogens with two attached hydrogens (primary N) is 3. The second kappa shape index (κ2) is 21.7. The van der Waals surface area contributed by atoms with Crippen LogP contribution in [0.25, 0.3) is 0 Å². The van der Waals surface area contributed by atoms with Gasteiger partial charge in [-0.3, -0.25) is 48.1 Å². The molecule has 0 aromatic carbocycles. The Morgan fingerprint density at radius 2 is 1.17 bits per heavy atom. The van der Waals surface area contributed by atoms with E-state index in [1.807, 2.05) is 0 Å². The van der Waals surface area contributed by atoms with Gasteiger partial charge in [0.2, 0.25) is 29.5 Å². The molecule has 0 heterocycles. The molecule has 0 saturated heterocycles. The molecule has 0 bridgehead atoms. The topological polar surface area (TPSA) is 352 Å². The molecule has 20 nitrogen and oxygen atoms in total. The van der Waals surface area contributed by atoms with Crippen LogP contribution in [0.4, 0.5) is 0 Å². The number of hydrogen-bond acceptors (Lipinski definition) is 14. The summed E-state index contributed by atoms with van der Waals surface area (Å²) in [4.78, 5) is 109. The maximum Gasteiger partial charge on any atom is 0.322 e. The van der Waals surface area contributed by atoms with Crippen LogP contribution in [0.3, 0.4) is 0 Å². The minimum atomic E-state index is -1.64. The van der Waals surface area contributed by atoms with E-state index < -0.39 is 116 Å². The lowest BCUT2D eigenvalue weighted by molar-refractivity contribution is -0.152. The number of nitrogens with one attached hydrogen (secondary N) is 3. The van der Waals surface area contributed by atoms with Crippen molar-refractivity contribution in [3.05, 3.63) is 0 Å². The Hall–Kier alpha value is -3.99. The van der Waals surface area contributed by atoms with Crippen molar-refractivity contribution in [1.82, 2.24) is 20.9 Å². The van der Waals surface area contributed by atoms with Gasteiger partial charge in [0.05, 0.1) is 0 Å². The van der Waals surface area contributed by atoms with Crippen molar-refractivity contribution >= 4 is 75.0 Å². The minimum absolute atomic E-state index is 0.258. The highest BCUT2D eigenvalue weighted by Crippen LogP contribution is 2.26. The lowest BCUT2D eigenvalue weighted by Crippen LogP contribution is -2.55. The summed E-state index contributed by atoms with van der Waals surface area (Å²) in [5.74, 6) is -10.9. The zero-order valence-electron chi connectivity index (χ0n) is 24.7. The van der Waals surface area contributed by atoms with Crippen LogP contribution in [0, 0.1) is 0 Å². The van der Waals surface area contributed by atoms with Crippen molar-refractivity contribution in [1.29, 1.82) is 0 Å². The normalized spacial score (nSPS) is 14.0. The molecule has 260 valence electrons.